The maximum Gasteiger partial charge on any atom is 0.163 e. The highest BCUT2D eigenvalue weighted by atomic mass is 32.1. The van der Waals surface area contributed by atoms with Gasteiger partial charge in [0, 0.05) is 16.9 Å². The Bertz CT molecular complexity index is 697. The highest BCUT2D eigenvalue weighted by Gasteiger charge is 2.35. The lowest BCUT2D eigenvalue weighted by molar-refractivity contribution is -0.0713. The molecule has 0 saturated carbocycles. The highest BCUT2D eigenvalue weighted by molar-refractivity contribution is 7.14. The molecule has 0 N–H and O–H groups in total. The van der Waals surface area contributed by atoms with Crippen LogP contribution in [0.1, 0.15) is 28.7 Å². The minimum atomic E-state index is -0.488. The van der Waals surface area contributed by atoms with Gasteiger partial charge < -0.3 is 9.57 Å². The van der Waals surface area contributed by atoms with Crippen LogP contribution < -0.4 is 0 Å². The fourth-order valence-electron chi connectivity index (χ4n) is 2.38. The first-order valence-electron chi connectivity index (χ1n) is 7.19. The third kappa shape index (κ3) is 3.36. The van der Waals surface area contributed by atoms with Gasteiger partial charge >= 0.3 is 0 Å². The number of ether oxygens (including phenoxy) is 1. The van der Waals surface area contributed by atoms with Crippen molar-refractivity contribution in [3.05, 3.63) is 57.5 Å². The molecule has 1 aliphatic rings. The summed E-state index contributed by atoms with van der Waals surface area (Å²) in [5, 5.41) is 4.19. The lowest BCUT2D eigenvalue weighted by Crippen LogP contribution is -2.31. The van der Waals surface area contributed by atoms with Crippen LogP contribution in [0.3, 0.4) is 0 Å². The van der Waals surface area contributed by atoms with Crippen LogP contribution in [-0.2, 0) is 16.2 Å². The highest BCUT2D eigenvalue weighted by Crippen LogP contribution is 2.29. The molecule has 0 bridgehead atoms. The Morgan fingerprint density at radius 1 is 1.32 bits per heavy atom. The van der Waals surface area contributed by atoms with Crippen LogP contribution in [0, 0.1) is 12.7 Å². The third-order valence-electron chi connectivity index (χ3n) is 3.57. The largest absolute Gasteiger partial charge is 0.386 e. The molecule has 5 heteroatoms. The summed E-state index contributed by atoms with van der Waals surface area (Å²) in [5.74, 6) is -0.244. The van der Waals surface area contributed by atoms with Gasteiger partial charge in [0.05, 0.1) is 18.1 Å². The molecule has 0 fully saturated rings. The number of oxime groups is 1. The van der Waals surface area contributed by atoms with Crippen LogP contribution in [0.2, 0.25) is 0 Å². The normalized spacial score (nSPS) is 20.8. The Morgan fingerprint density at radius 2 is 2.14 bits per heavy atom. The summed E-state index contributed by atoms with van der Waals surface area (Å²) in [6.45, 7) is 4.64. The van der Waals surface area contributed by atoms with E-state index in [1.807, 2.05) is 6.92 Å². The van der Waals surface area contributed by atoms with Gasteiger partial charge in [-0.2, -0.15) is 0 Å². The molecule has 0 radical (unpaired) electrons. The summed E-state index contributed by atoms with van der Waals surface area (Å²) in [6.07, 6.45) is 0.699. The average molecular weight is 319 g/mol. The molecule has 22 heavy (non-hydrogen) atoms. The summed E-state index contributed by atoms with van der Waals surface area (Å²) in [5.41, 5.74) is 1.02. The van der Waals surface area contributed by atoms with Gasteiger partial charge in [0.15, 0.2) is 5.60 Å². The van der Waals surface area contributed by atoms with E-state index in [0.717, 1.165) is 10.6 Å². The SMILES string of the molecule is Cc1ccc(C2=NOC(C)(COCc3ccccc3F)C2)s1. The smallest absolute Gasteiger partial charge is 0.163 e. The quantitative estimate of drug-likeness (QED) is 0.823. The second-order valence-corrected chi connectivity index (χ2v) is 7.04. The number of rotatable bonds is 5. The number of hydrogen-bond acceptors (Lipinski definition) is 4. The number of nitrogens with zero attached hydrogens (tertiary/aromatic N) is 1. The standard InChI is InChI=1S/C17H18FNO2S/c1-12-7-8-16(22-12)15-9-17(2,21-19-15)11-20-10-13-5-3-4-6-14(13)18/h3-8H,9-11H2,1-2H3. The minimum Gasteiger partial charge on any atom is -0.386 e. The van der Waals surface area contributed by atoms with Crippen molar-refractivity contribution in [3.8, 4) is 0 Å². The molecule has 1 aromatic carbocycles. The van der Waals surface area contributed by atoms with E-state index in [9.17, 15) is 4.39 Å². The molecule has 1 aromatic heterocycles. The van der Waals surface area contributed by atoms with Gasteiger partial charge in [-0.25, -0.2) is 4.39 Å². The van der Waals surface area contributed by atoms with E-state index < -0.39 is 5.60 Å². The Kier molecular flexibility index (Phi) is 4.27. The van der Waals surface area contributed by atoms with Gasteiger partial charge in [0.1, 0.15) is 11.5 Å². The molecular formula is C17H18FNO2S. The zero-order valence-corrected chi connectivity index (χ0v) is 13.5. The van der Waals surface area contributed by atoms with E-state index >= 15 is 0 Å². The summed E-state index contributed by atoms with van der Waals surface area (Å²) >= 11 is 1.71. The predicted octanol–water partition coefficient (Wildman–Crippen LogP) is 4.30. The van der Waals surface area contributed by atoms with Crippen LogP contribution in [0.15, 0.2) is 41.6 Å². The van der Waals surface area contributed by atoms with E-state index in [0.29, 0.717) is 18.6 Å². The first kappa shape index (κ1) is 15.2. The molecule has 3 nitrogen and oxygen atoms in total. The van der Waals surface area contributed by atoms with E-state index in [4.69, 9.17) is 9.57 Å². The summed E-state index contributed by atoms with van der Waals surface area (Å²) in [4.78, 5) is 7.95. The van der Waals surface area contributed by atoms with Crippen molar-refractivity contribution in [2.45, 2.75) is 32.5 Å². The van der Waals surface area contributed by atoms with Crippen molar-refractivity contribution in [2.24, 2.45) is 5.16 Å². The minimum absolute atomic E-state index is 0.235. The first-order chi connectivity index (χ1) is 10.6. The zero-order valence-electron chi connectivity index (χ0n) is 12.6. The number of aryl methyl sites for hydroxylation is 1. The average Bonchev–Trinajstić information content (AvgIpc) is 3.08. The van der Waals surface area contributed by atoms with Crippen molar-refractivity contribution in [2.75, 3.05) is 6.61 Å². The number of halogens is 1. The van der Waals surface area contributed by atoms with Crippen LogP contribution in [0.5, 0.6) is 0 Å². The van der Waals surface area contributed by atoms with Gasteiger partial charge in [0.2, 0.25) is 0 Å². The molecule has 3 rings (SSSR count). The van der Waals surface area contributed by atoms with Crippen LogP contribution >= 0.6 is 11.3 Å². The lowest BCUT2D eigenvalue weighted by atomic mass is 10.0. The van der Waals surface area contributed by atoms with Crippen LogP contribution in [0.25, 0.3) is 0 Å². The number of thiophene rings is 1. The molecule has 0 saturated heterocycles. The van der Waals surface area contributed by atoms with Gasteiger partial charge in [-0.3, -0.25) is 0 Å². The Morgan fingerprint density at radius 3 is 2.86 bits per heavy atom. The molecule has 0 amide bonds. The Hall–Kier alpha value is -1.72. The second-order valence-electron chi connectivity index (χ2n) is 5.75. The van der Waals surface area contributed by atoms with E-state index in [-0.39, 0.29) is 12.4 Å². The number of benzene rings is 1. The molecule has 2 aromatic rings. The van der Waals surface area contributed by atoms with Gasteiger partial charge in [-0.15, -0.1) is 11.3 Å². The zero-order chi connectivity index (χ0) is 15.6. The van der Waals surface area contributed by atoms with Crippen LogP contribution in [0.4, 0.5) is 4.39 Å². The second kappa shape index (κ2) is 6.18. The number of hydrogen-bond donors (Lipinski definition) is 0. The maximum absolute atomic E-state index is 13.5. The van der Waals surface area contributed by atoms with Crippen molar-refractivity contribution >= 4 is 17.0 Å². The van der Waals surface area contributed by atoms with Crippen LogP contribution in [-0.4, -0.2) is 17.9 Å². The molecule has 1 unspecified atom stereocenters. The van der Waals surface area contributed by atoms with Gasteiger partial charge in [-0.1, -0.05) is 23.4 Å². The van der Waals surface area contributed by atoms with Crippen molar-refractivity contribution in [3.63, 3.8) is 0 Å². The summed E-state index contributed by atoms with van der Waals surface area (Å²) < 4.78 is 19.2. The van der Waals surface area contributed by atoms with Gasteiger partial charge in [0.25, 0.3) is 0 Å². The summed E-state index contributed by atoms with van der Waals surface area (Å²) in [6, 6.07) is 10.8. The molecule has 116 valence electrons. The Balaban J connectivity index is 1.55. The third-order valence-corrected chi connectivity index (χ3v) is 4.61. The van der Waals surface area contributed by atoms with Crippen molar-refractivity contribution in [1.29, 1.82) is 0 Å². The van der Waals surface area contributed by atoms with Crippen molar-refractivity contribution < 1.29 is 14.0 Å². The Labute approximate surface area is 133 Å². The molecule has 0 aliphatic carbocycles. The van der Waals surface area contributed by atoms with E-state index in [2.05, 4.69) is 24.2 Å². The predicted molar refractivity (Wildman–Crippen MR) is 85.8 cm³/mol. The fraction of sp³-hybridized carbons (Fsp3) is 0.353. The molecule has 0 spiro atoms. The van der Waals surface area contributed by atoms with Crippen molar-refractivity contribution in [1.82, 2.24) is 0 Å². The fourth-order valence-corrected chi connectivity index (χ4v) is 3.22. The molecule has 2 heterocycles. The van der Waals surface area contributed by atoms with E-state index in [1.54, 1.807) is 29.5 Å². The molecule has 1 aliphatic heterocycles. The molecule has 1 atom stereocenters. The first-order valence-corrected chi connectivity index (χ1v) is 8.00. The van der Waals surface area contributed by atoms with Gasteiger partial charge in [-0.05, 0) is 32.0 Å². The molecular weight excluding hydrogens is 301 g/mol. The lowest BCUT2D eigenvalue weighted by Gasteiger charge is -2.21. The maximum atomic E-state index is 13.5. The monoisotopic (exact) mass is 319 g/mol. The topological polar surface area (TPSA) is 30.8 Å². The van der Waals surface area contributed by atoms with E-state index in [1.165, 1.54) is 10.9 Å². The summed E-state index contributed by atoms with van der Waals surface area (Å²) in [7, 11) is 0.